The van der Waals surface area contributed by atoms with Gasteiger partial charge in [-0.15, -0.1) is 0 Å². The Hall–Kier alpha value is -0.650. The molecule has 0 aliphatic carbocycles. The zero-order valence-electron chi connectivity index (χ0n) is 12.9. The summed E-state index contributed by atoms with van der Waals surface area (Å²) in [6.45, 7) is 10.4. The highest BCUT2D eigenvalue weighted by Crippen LogP contribution is 1.96. The summed E-state index contributed by atoms with van der Waals surface area (Å²) in [5, 5.41) is 3.26. The SMILES string of the molecule is CCN(CC)C(=O)C(C)NCCCCOCCOC. The van der Waals surface area contributed by atoms with Crippen molar-refractivity contribution in [1.82, 2.24) is 10.2 Å². The second kappa shape index (κ2) is 12.4. The number of carbonyl (C=O) groups excluding carboxylic acids is 1. The molecule has 19 heavy (non-hydrogen) atoms. The standard InChI is InChI=1S/C14H30N2O3/c1-5-16(6-2)14(17)13(3)15-9-7-8-10-19-12-11-18-4/h13,15H,5-12H2,1-4H3. The van der Waals surface area contributed by atoms with Crippen LogP contribution in [0.15, 0.2) is 0 Å². The Labute approximate surface area is 117 Å². The van der Waals surface area contributed by atoms with E-state index in [1.807, 2.05) is 25.7 Å². The first-order chi connectivity index (χ1) is 9.17. The van der Waals surface area contributed by atoms with E-state index in [0.717, 1.165) is 39.1 Å². The second-order valence-corrected chi connectivity index (χ2v) is 4.50. The van der Waals surface area contributed by atoms with Gasteiger partial charge in [0.05, 0.1) is 19.3 Å². The number of carbonyl (C=O) groups is 1. The third-order valence-electron chi connectivity index (χ3n) is 3.04. The predicted octanol–water partition coefficient (Wildman–Crippen LogP) is 1.28. The van der Waals surface area contributed by atoms with Gasteiger partial charge in [0.15, 0.2) is 0 Å². The molecule has 114 valence electrons. The second-order valence-electron chi connectivity index (χ2n) is 4.50. The fraction of sp³-hybridized carbons (Fsp3) is 0.929. The zero-order valence-corrected chi connectivity index (χ0v) is 12.9. The molecule has 1 atom stereocenters. The first kappa shape index (κ1) is 18.4. The van der Waals surface area contributed by atoms with Gasteiger partial charge in [0.2, 0.25) is 5.91 Å². The van der Waals surface area contributed by atoms with Gasteiger partial charge in [-0.2, -0.15) is 0 Å². The van der Waals surface area contributed by atoms with E-state index in [4.69, 9.17) is 9.47 Å². The molecule has 0 saturated heterocycles. The predicted molar refractivity (Wildman–Crippen MR) is 77.3 cm³/mol. The Morgan fingerprint density at radius 2 is 1.84 bits per heavy atom. The molecule has 5 nitrogen and oxygen atoms in total. The van der Waals surface area contributed by atoms with E-state index >= 15 is 0 Å². The summed E-state index contributed by atoms with van der Waals surface area (Å²) in [5.41, 5.74) is 0. The monoisotopic (exact) mass is 274 g/mol. The molecular weight excluding hydrogens is 244 g/mol. The van der Waals surface area contributed by atoms with Crippen LogP contribution in [0.2, 0.25) is 0 Å². The topological polar surface area (TPSA) is 50.8 Å². The van der Waals surface area contributed by atoms with Crippen LogP contribution in [0.4, 0.5) is 0 Å². The highest BCUT2D eigenvalue weighted by Gasteiger charge is 2.16. The van der Waals surface area contributed by atoms with Crippen molar-refractivity contribution < 1.29 is 14.3 Å². The lowest BCUT2D eigenvalue weighted by atomic mass is 10.2. The molecule has 1 N–H and O–H groups in total. The van der Waals surface area contributed by atoms with Crippen LogP contribution < -0.4 is 5.32 Å². The number of rotatable bonds is 12. The van der Waals surface area contributed by atoms with Gasteiger partial charge >= 0.3 is 0 Å². The summed E-state index contributed by atoms with van der Waals surface area (Å²) in [6.07, 6.45) is 2.02. The van der Waals surface area contributed by atoms with Crippen molar-refractivity contribution in [1.29, 1.82) is 0 Å². The van der Waals surface area contributed by atoms with Gasteiger partial charge < -0.3 is 19.7 Å². The van der Waals surface area contributed by atoms with Crippen LogP contribution in [0.1, 0.15) is 33.6 Å². The molecule has 0 aliphatic heterocycles. The van der Waals surface area contributed by atoms with Crippen LogP contribution >= 0.6 is 0 Å². The Morgan fingerprint density at radius 1 is 1.16 bits per heavy atom. The number of methoxy groups -OCH3 is 1. The van der Waals surface area contributed by atoms with Gasteiger partial charge in [-0.25, -0.2) is 0 Å². The Bertz CT molecular complexity index is 221. The maximum Gasteiger partial charge on any atom is 0.239 e. The van der Waals surface area contributed by atoms with Crippen molar-refractivity contribution in [3.05, 3.63) is 0 Å². The number of ether oxygens (including phenoxy) is 2. The molecule has 0 aliphatic rings. The average molecular weight is 274 g/mol. The number of nitrogens with zero attached hydrogens (tertiary/aromatic N) is 1. The molecular formula is C14H30N2O3. The highest BCUT2D eigenvalue weighted by atomic mass is 16.5. The molecule has 1 amide bonds. The molecule has 0 aromatic heterocycles. The van der Waals surface area contributed by atoms with E-state index in [-0.39, 0.29) is 11.9 Å². The van der Waals surface area contributed by atoms with Crippen LogP contribution in [0, 0.1) is 0 Å². The van der Waals surface area contributed by atoms with Gasteiger partial charge in [0.25, 0.3) is 0 Å². The minimum absolute atomic E-state index is 0.102. The maximum absolute atomic E-state index is 12.0. The molecule has 0 fully saturated rings. The van der Waals surface area contributed by atoms with Crippen LogP contribution in [-0.4, -0.2) is 63.4 Å². The number of hydrogen-bond donors (Lipinski definition) is 1. The van der Waals surface area contributed by atoms with E-state index in [2.05, 4.69) is 5.32 Å². The minimum Gasteiger partial charge on any atom is -0.382 e. The Balaban J connectivity index is 3.52. The van der Waals surface area contributed by atoms with E-state index < -0.39 is 0 Å². The number of hydrogen-bond acceptors (Lipinski definition) is 4. The van der Waals surface area contributed by atoms with Crippen molar-refractivity contribution in [3.8, 4) is 0 Å². The van der Waals surface area contributed by atoms with Crippen LogP contribution in [0.3, 0.4) is 0 Å². The van der Waals surface area contributed by atoms with Gasteiger partial charge in [0, 0.05) is 26.8 Å². The van der Waals surface area contributed by atoms with Crippen LogP contribution in [0.5, 0.6) is 0 Å². The first-order valence-electron chi connectivity index (χ1n) is 7.26. The van der Waals surface area contributed by atoms with Crippen molar-refractivity contribution in [2.45, 2.75) is 39.7 Å². The summed E-state index contributed by atoms with van der Waals surface area (Å²) < 4.78 is 10.3. The Morgan fingerprint density at radius 3 is 2.42 bits per heavy atom. The van der Waals surface area contributed by atoms with Crippen LogP contribution in [-0.2, 0) is 14.3 Å². The lowest BCUT2D eigenvalue weighted by molar-refractivity contribution is -0.132. The molecule has 0 saturated carbocycles. The summed E-state index contributed by atoms with van der Waals surface area (Å²) in [6, 6.07) is -0.102. The molecule has 0 spiro atoms. The van der Waals surface area contributed by atoms with Crippen molar-refractivity contribution in [2.75, 3.05) is 46.6 Å². The molecule has 0 heterocycles. The fourth-order valence-corrected chi connectivity index (χ4v) is 1.79. The summed E-state index contributed by atoms with van der Waals surface area (Å²) in [7, 11) is 1.67. The van der Waals surface area contributed by atoms with Gasteiger partial charge in [-0.05, 0) is 40.2 Å². The maximum atomic E-state index is 12.0. The summed E-state index contributed by atoms with van der Waals surface area (Å²) >= 11 is 0. The van der Waals surface area contributed by atoms with Crippen molar-refractivity contribution in [2.24, 2.45) is 0 Å². The molecule has 5 heteroatoms. The third-order valence-corrected chi connectivity index (χ3v) is 3.04. The van der Waals surface area contributed by atoms with E-state index in [0.29, 0.717) is 13.2 Å². The molecule has 0 aromatic rings. The van der Waals surface area contributed by atoms with Crippen molar-refractivity contribution in [3.63, 3.8) is 0 Å². The molecule has 0 rings (SSSR count). The minimum atomic E-state index is -0.102. The fourth-order valence-electron chi connectivity index (χ4n) is 1.79. The van der Waals surface area contributed by atoms with Crippen molar-refractivity contribution >= 4 is 5.91 Å². The molecule has 1 unspecified atom stereocenters. The smallest absolute Gasteiger partial charge is 0.239 e. The van der Waals surface area contributed by atoms with E-state index in [1.165, 1.54) is 0 Å². The average Bonchev–Trinajstić information content (AvgIpc) is 2.42. The molecule has 0 bridgehead atoms. The number of amides is 1. The van der Waals surface area contributed by atoms with Gasteiger partial charge in [-0.3, -0.25) is 4.79 Å². The molecule has 0 aromatic carbocycles. The largest absolute Gasteiger partial charge is 0.382 e. The summed E-state index contributed by atoms with van der Waals surface area (Å²) in [4.78, 5) is 13.8. The number of likely N-dealkylation sites (N-methyl/N-ethyl adjacent to an activating group) is 1. The van der Waals surface area contributed by atoms with Crippen LogP contribution in [0.25, 0.3) is 0 Å². The first-order valence-corrected chi connectivity index (χ1v) is 7.26. The van der Waals surface area contributed by atoms with Gasteiger partial charge in [0.1, 0.15) is 0 Å². The van der Waals surface area contributed by atoms with E-state index in [1.54, 1.807) is 7.11 Å². The zero-order chi connectivity index (χ0) is 14.5. The Kier molecular flexibility index (Phi) is 12.0. The number of nitrogens with one attached hydrogen (secondary N) is 1. The quantitative estimate of drug-likeness (QED) is 0.545. The number of unbranched alkanes of at least 4 members (excludes halogenated alkanes) is 1. The molecule has 0 radical (unpaired) electrons. The summed E-state index contributed by atoms with van der Waals surface area (Å²) in [5.74, 6) is 0.182. The van der Waals surface area contributed by atoms with Gasteiger partial charge in [-0.1, -0.05) is 0 Å². The lowest BCUT2D eigenvalue weighted by Crippen LogP contribution is -2.45. The highest BCUT2D eigenvalue weighted by molar-refractivity contribution is 5.81. The third kappa shape index (κ3) is 8.97. The lowest BCUT2D eigenvalue weighted by Gasteiger charge is -2.23. The normalized spacial score (nSPS) is 12.4. The van der Waals surface area contributed by atoms with E-state index in [9.17, 15) is 4.79 Å².